The van der Waals surface area contributed by atoms with E-state index in [-0.39, 0.29) is 11.0 Å². The van der Waals surface area contributed by atoms with Gasteiger partial charge in [0.15, 0.2) is 0 Å². The minimum absolute atomic E-state index is 0.228. The van der Waals surface area contributed by atoms with E-state index < -0.39 is 11.8 Å². The normalized spacial score (nSPS) is 16.5. The highest BCUT2D eigenvalue weighted by molar-refractivity contribution is 7.17. The van der Waals surface area contributed by atoms with E-state index in [0.717, 1.165) is 36.1 Å². The molecule has 28 heavy (non-hydrogen) atoms. The molecular weight excluding hydrogens is 415 g/mol. The van der Waals surface area contributed by atoms with Crippen LogP contribution in [0.5, 0.6) is 0 Å². The Labute approximate surface area is 179 Å². The van der Waals surface area contributed by atoms with Crippen molar-refractivity contribution < 1.29 is 9.59 Å². The average molecular weight is 439 g/mol. The zero-order chi connectivity index (χ0) is 20.6. The molecule has 0 fully saturated rings. The first-order valence-corrected chi connectivity index (χ1v) is 10.9. The van der Waals surface area contributed by atoms with E-state index in [1.165, 1.54) is 17.4 Å². The van der Waals surface area contributed by atoms with Crippen LogP contribution in [0, 0.1) is 11.3 Å². The van der Waals surface area contributed by atoms with E-state index in [0.29, 0.717) is 26.5 Å². The number of primary amides is 1. The third kappa shape index (κ3) is 4.07. The summed E-state index contributed by atoms with van der Waals surface area (Å²) in [6.45, 7) is 6.78. The van der Waals surface area contributed by atoms with Crippen molar-refractivity contribution in [3.63, 3.8) is 0 Å². The van der Waals surface area contributed by atoms with Crippen molar-refractivity contribution in [2.75, 3.05) is 5.32 Å². The van der Waals surface area contributed by atoms with Gasteiger partial charge in [0.1, 0.15) is 5.00 Å². The summed E-state index contributed by atoms with van der Waals surface area (Å²) in [5, 5.41) is 4.05. The van der Waals surface area contributed by atoms with Gasteiger partial charge in [0.2, 0.25) is 0 Å². The Kier molecular flexibility index (Phi) is 6.08. The summed E-state index contributed by atoms with van der Waals surface area (Å²) in [5.74, 6) is -0.382. The smallest absolute Gasteiger partial charge is 0.257 e. The van der Waals surface area contributed by atoms with Crippen LogP contribution >= 0.6 is 34.5 Å². The predicted molar refractivity (Wildman–Crippen MR) is 117 cm³/mol. The number of hydrogen-bond acceptors (Lipinski definition) is 3. The molecule has 7 heteroatoms. The number of nitrogens with one attached hydrogen (secondary N) is 1. The fourth-order valence-corrected chi connectivity index (χ4v) is 5.44. The lowest BCUT2D eigenvalue weighted by molar-refractivity contribution is 0.0999. The van der Waals surface area contributed by atoms with Gasteiger partial charge in [-0.25, -0.2) is 0 Å². The summed E-state index contributed by atoms with van der Waals surface area (Å²) in [6, 6.07) is 4.70. The number of carbonyl (C=O) groups is 2. The molecule has 2 amide bonds. The third-order valence-electron chi connectivity index (χ3n) is 5.93. The second-order valence-corrected chi connectivity index (χ2v) is 9.88. The molecule has 150 valence electrons. The fraction of sp³-hybridized carbons (Fsp3) is 0.429. The molecule has 3 N–H and O–H groups in total. The topological polar surface area (TPSA) is 72.2 Å². The van der Waals surface area contributed by atoms with Crippen molar-refractivity contribution in [2.45, 2.75) is 46.5 Å². The van der Waals surface area contributed by atoms with Gasteiger partial charge in [-0.15, -0.1) is 11.3 Å². The van der Waals surface area contributed by atoms with Crippen molar-refractivity contribution >= 4 is 51.4 Å². The molecule has 0 bridgehead atoms. The van der Waals surface area contributed by atoms with Crippen molar-refractivity contribution in [3.8, 4) is 0 Å². The van der Waals surface area contributed by atoms with Crippen LogP contribution in [0.3, 0.4) is 0 Å². The lowest BCUT2D eigenvalue weighted by atomic mass is 9.69. The van der Waals surface area contributed by atoms with Crippen LogP contribution in [0.1, 0.15) is 64.8 Å². The Morgan fingerprint density at radius 3 is 2.68 bits per heavy atom. The number of benzene rings is 1. The summed E-state index contributed by atoms with van der Waals surface area (Å²) < 4.78 is 0. The van der Waals surface area contributed by atoms with Crippen molar-refractivity contribution in [3.05, 3.63) is 49.8 Å². The number of rotatable bonds is 5. The maximum absolute atomic E-state index is 12.7. The van der Waals surface area contributed by atoms with Crippen LogP contribution in [-0.4, -0.2) is 11.8 Å². The lowest BCUT2D eigenvalue weighted by Crippen LogP contribution is -2.29. The highest BCUT2D eigenvalue weighted by Crippen LogP contribution is 2.45. The molecule has 1 aromatic carbocycles. The molecule has 1 aliphatic rings. The van der Waals surface area contributed by atoms with Gasteiger partial charge in [-0.05, 0) is 54.4 Å². The van der Waals surface area contributed by atoms with Crippen molar-refractivity contribution in [1.82, 2.24) is 0 Å². The third-order valence-corrected chi connectivity index (χ3v) is 7.66. The first kappa shape index (κ1) is 21.2. The van der Waals surface area contributed by atoms with Gasteiger partial charge in [-0.2, -0.15) is 0 Å². The van der Waals surface area contributed by atoms with E-state index in [1.807, 2.05) is 0 Å². The Morgan fingerprint density at radius 2 is 2.04 bits per heavy atom. The molecule has 3 rings (SSSR count). The van der Waals surface area contributed by atoms with E-state index >= 15 is 0 Å². The standard InChI is InChI=1S/C21H24Cl2N2O2S/c1-4-21(2,3)11-5-7-13-16(9-11)28-20(17(13)18(24)26)25-19(27)14-10-12(22)6-8-15(14)23/h6,8,10-11H,4-5,7,9H2,1-3H3,(H2,24,26)(H,25,27). The molecule has 1 aromatic heterocycles. The summed E-state index contributed by atoms with van der Waals surface area (Å²) in [5.41, 5.74) is 7.57. The van der Waals surface area contributed by atoms with Crippen LogP contribution in [0.15, 0.2) is 18.2 Å². The van der Waals surface area contributed by atoms with Gasteiger partial charge in [-0.1, -0.05) is 50.4 Å². The number of anilines is 1. The average Bonchev–Trinajstić information content (AvgIpc) is 3.00. The summed E-state index contributed by atoms with van der Waals surface area (Å²) in [6.07, 6.45) is 3.80. The Balaban J connectivity index is 1.94. The van der Waals surface area contributed by atoms with E-state index in [4.69, 9.17) is 28.9 Å². The Bertz CT molecular complexity index is 937. The Morgan fingerprint density at radius 1 is 1.32 bits per heavy atom. The number of halogens is 2. The first-order valence-electron chi connectivity index (χ1n) is 9.34. The first-order chi connectivity index (χ1) is 13.1. The highest BCUT2D eigenvalue weighted by Gasteiger charge is 2.35. The largest absolute Gasteiger partial charge is 0.365 e. The fourth-order valence-electron chi connectivity index (χ4n) is 3.73. The van der Waals surface area contributed by atoms with Gasteiger partial charge in [0, 0.05) is 9.90 Å². The molecule has 1 heterocycles. The van der Waals surface area contributed by atoms with E-state index in [1.54, 1.807) is 12.1 Å². The molecule has 1 aliphatic carbocycles. The molecule has 0 radical (unpaired) electrons. The molecule has 0 saturated carbocycles. The number of carbonyl (C=O) groups excluding carboxylic acids is 2. The van der Waals surface area contributed by atoms with Gasteiger partial charge in [0.05, 0.1) is 16.1 Å². The zero-order valence-corrected chi connectivity index (χ0v) is 18.5. The predicted octanol–water partition coefficient (Wildman–Crippen LogP) is 5.95. The van der Waals surface area contributed by atoms with E-state index in [2.05, 4.69) is 26.1 Å². The van der Waals surface area contributed by atoms with Crippen molar-refractivity contribution in [2.24, 2.45) is 17.1 Å². The molecule has 0 saturated heterocycles. The summed E-state index contributed by atoms with van der Waals surface area (Å²) >= 11 is 13.6. The van der Waals surface area contributed by atoms with Crippen LogP contribution < -0.4 is 11.1 Å². The number of hydrogen-bond donors (Lipinski definition) is 2. The minimum atomic E-state index is -0.516. The molecule has 1 atom stereocenters. The molecule has 1 unspecified atom stereocenters. The number of amides is 2. The van der Waals surface area contributed by atoms with Crippen LogP contribution in [-0.2, 0) is 12.8 Å². The molecule has 2 aromatic rings. The van der Waals surface area contributed by atoms with Crippen molar-refractivity contribution in [1.29, 1.82) is 0 Å². The Hall–Kier alpha value is -1.56. The molecule has 4 nitrogen and oxygen atoms in total. The molecule has 0 spiro atoms. The van der Waals surface area contributed by atoms with Gasteiger partial charge >= 0.3 is 0 Å². The monoisotopic (exact) mass is 438 g/mol. The van der Waals surface area contributed by atoms with Gasteiger partial charge < -0.3 is 11.1 Å². The maximum atomic E-state index is 12.7. The number of fused-ring (bicyclic) bond motifs is 1. The SMILES string of the molecule is CCC(C)(C)C1CCc2c(sc(NC(=O)c3cc(Cl)ccc3Cl)c2C(N)=O)C1. The number of thiophene rings is 1. The van der Waals surface area contributed by atoms with Gasteiger partial charge in [0.25, 0.3) is 11.8 Å². The minimum Gasteiger partial charge on any atom is -0.365 e. The van der Waals surface area contributed by atoms with E-state index in [9.17, 15) is 9.59 Å². The molecule has 0 aliphatic heterocycles. The van der Waals surface area contributed by atoms with Crippen LogP contribution in [0.2, 0.25) is 10.0 Å². The molecular formula is C21H24Cl2N2O2S. The van der Waals surface area contributed by atoms with Crippen LogP contribution in [0.4, 0.5) is 5.00 Å². The summed E-state index contributed by atoms with van der Waals surface area (Å²) in [4.78, 5) is 26.0. The summed E-state index contributed by atoms with van der Waals surface area (Å²) in [7, 11) is 0. The second kappa shape index (κ2) is 8.05. The maximum Gasteiger partial charge on any atom is 0.257 e. The quantitative estimate of drug-likeness (QED) is 0.605. The lowest BCUT2D eigenvalue weighted by Gasteiger charge is -2.36. The number of nitrogens with two attached hydrogens (primary N) is 1. The van der Waals surface area contributed by atoms with Crippen LogP contribution in [0.25, 0.3) is 0 Å². The zero-order valence-electron chi connectivity index (χ0n) is 16.2. The second-order valence-electron chi connectivity index (χ2n) is 7.93. The highest BCUT2D eigenvalue weighted by atomic mass is 35.5. The van der Waals surface area contributed by atoms with Gasteiger partial charge in [-0.3, -0.25) is 9.59 Å².